The summed E-state index contributed by atoms with van der Waals surface area (Å²) in [6, 6.07) is 0. The van der Waals surface area contributed by atoms with Crippen molar-refractivity contribution in [3.8, 4) is 0 Å². The predicted molar refractivity (Wildman–Crippen MR) is 57.7 cm³/mol. The SMILES string of the molecule is COC(=O)C(C)[CH2][Sn+2][CH2]C(C)C(=O)OC. The summed E-state index contributed by atoms with van der Waals surface area (Å²) in [5.74, 6) is -0.346. The molecule has 2 unspecified atom stereocenters. The Kier molecular flexibility index (Phi) is 7.82. The molecule has 0 aliphatic carbocycles. The molecular formula is C10H18O4Sn+2. The molecule has 0 aliphatic rings. The zero-order chi connectivity index (χ0) is 11.8. The fourth-order valence-electron chi connectivity index (χ4n) is 1.09. The van der Waals surface area contributed by atoms with Gasteiger partial charge in [0.25, 0.3) is 0 Å². The molecule has 0 aliphatic heterocycles. The Labute approximate surface area is 101 Å². The standard InChI is InChI=1S/2C5H9O2.Sn/c2*1-4(2)5(6)7-3;/h2*4H,1H2,2-3H3;/q;;+2. The van der Waals surface area contributed by atoms with Crippen molar-refractivity contribution in [1.29, 1.82) is 0 Å². The van der Waals surface area contributed by atoms with Crippen molar-refractivity contribution in [3.63, 3.8) is 0 Å². The molecule has 15 heavy (non-hydrogen) atoms. The number of carbonyl (C=O) groups excluding carboxylic acids is 2. The van der Waals surface area contributed by atoms with Crippen LogP contribution in [0.2, 0.25) is 8.87 Å². The quantitative estimate of drug-likeness (QED) is 0.544. The van der Waals surface area contributed by atoms with E-state index < -0.39 is 21.1 Å². The zero-order valence-corrected chi connectivity index (χ0v) is 12.6. The monoisotopic (exact) mass is 322 g/mol. The van der Waals surface area contributed by atoms with Crippen LogP contribution in [0.3, 0.4) is 0 Å². The van der Waals surface area contributed by atoms with Gasteiger partial charge in [0, 0.05) is 0 Å². The third-order valence-electron chi connectivity index (χ3n) is 2.11. The van der Waals surface area contributed by atoms with E-state index in [2.05, 4.69) is 9.47 Å². The van der Waals surface area contributed by atoms with Gasteiger partial charge in [0.05, 0.1) is 0 Å². The Hall–Kier alpha value is -0.261. The Morgan fingerprint density at radius 1 is 1.00 bits per heavy atom. The van der Waals surface area contributed by atoms with Gasteiger partial charge in [-0.25, -0.2) is 0 Å². The average molecular weight is 321 g/mol. The molecule has 0 saturated heterocycles. The van der Waals surface area contributed by atoms with Gasteiger partial charge in [0.2, 0.25) is 0 Å². The number of methoxy groups -OCH3 is 2. The van der Waals surface area contributed by atoms with Gasteiger partial charge in [0.1, 0.15) is 0 Å². The summed E-state index contributed by atoms with van der Waals surface area (Å²) in [5.41, 5.74) is 0. The van der Waals surface area contributed by atoms with Crippen molar-refractivity contribution in [3.05, 3.63) is 0 Å². The van der Waals surface area contributed by atoms with Crippen molar-refractivity contribution in [2.75, 3.05) is 14.2 Å². The molecule has 0 aromatic heterocycles. The maximum absolute atomic E-state index is 11.1. The average Bonchev–Trinajstić information content (AvgIpc) is 2.26. The number of carbonyl (C=O) groups is 2. The van der Waals surface area contributed by atoms with E-state index in [0.717, 1.165) is 8.87 Å². The van der Waals surface area contributed by atoms with Crippen molar-refractivity contribution < 1.29 is 19.1 Å². The molecule has 5 heteroatoms. The number of esters is 2. The van der Waals surface area contributed by atoms with Gasteiger partial charge >= 0.3 is 101 Å². The van der Waals surface area contributed by atoms with Crippen LogP contribution in [0, 0.1) is 11.8 Å². The molecule has 4 nitrogen and oxygen atoms in total. The number of rotatable bonds is 6. The molecule has 0 fully saturated rings. The summed E-state index contributed by atoms with van der Waals surface area (Å²) < 4.78 is 11.1. The van der Waals surface area contributed by atoms with Gasteiger partial charge < -0.3 is 0 Å². The van der Waals surface area contributed by atoms with Crippen LogP contribution in [0.4, 0.5) is 0 Å². The molecule has 84 valence electrons. The van der Waals surface area contributed by atoms with E-state index in [0.29, 0.717) is 0 Å². The van der Waals surface area contributed by atoms with Crippen LogP contribution in [0.15, 0.2) is 0 Å². The number of hydrogen-bond donors (Lipinski definition) is 0. The summed E-state index contributed by atoms with van der Waals surface area (Å²) in [4.78, 5) is 22.2. The Bertz CT molecular complexity index is 195. The van der Waals surface area contributed by atoms with E-state index in [1.807, 2.05) is 13.8 Å². The van der Waals surface area contributed by atoms with Crippen LogP contribution in [-0.2, 0) is 19.1 Å². The molecule has 0 heterocycles. The molecule has 0 bridgehead atoms. The minimum absolute atomic E-state index is 0.0218. The topological polar surface area (TPSA) is 52.6 Å². The van der Waals surface area contributed by atoms with Crippen LogP contribution in [0.25, 0.3) is 0 Å². The van der Waals surface area contributed by atoms with E-state index >= 15 is 0 Å². The van der Waals surface area contributed by atoms with E-state index in [4.69, 9.17) is 0 Å². The van der Waals surface area contributed by atoms with Gasteiger partial charge in [0.15, 0.2) is 0 Å². The van der Waals surface area contributed by atoms with E-state index in [1.54, 1.807) is 0 Å². The second kappa shape index (κ2) is 7.96. The molecule has 0 N–H and O–H groups in total. The Morgan fingerprint density at radius 2 is 1.33 bits per heavy atom. The summed E-state index contributed by atoms with van der Waals surface area (Å²) in [6.45, 7) is 3.74. The van der Waals surface area contributed by atoms with E-state index in [1.165, 1.54) is 14.2 Å². The summed E-state index contributed by atoms with van der Waals surface area (Å²) >= 11 is -0.662. The second-order valence-electron chi connectivity index (χ2n) is 3.51. The molecule has 0 aromatic rings. The fourth-order valence-corrected chi connectivity index (χ4v) is 4.98. The van der Waals surface area contributed by atoms with Crippen molar-refractivity contribution in [1.82, 2.24) is 0 Å². The van der Waals surface area contributed by atoms with Gasteiger partial charge in [-0.3, -0.25) is 0 Å². The first-order chi connectivity index (χ1) is 7.02. The molecular weight excluding hydrogens is 303 g/mol. The van der Waals surface area contributed by atoms with Crippen LogP contribution >= 0.6 is 0 Å². The Morgan fingerprint density at radius 3 is 1.60 bits per heavy atom. The second-order valence-corrected chi connectivity index (χ2v) is 7.26. The van der Waals surface area contributed by atoms with Crippen molar-refractivity contribution in [2.24, 2.45) is 11.8 Å². The summed E-state index contributed by atoms with van der Waals surface area (Å²) in [6.07, 6.45) is 0. The minimum atomic E-state index is -0.662. The first kappa shape index (κ1) is 14.7. The summed E-state index contributed by atoms with van der Waals surface area (Å²) in [7, 11) is 2.81. The van der Waals surface area contributed by atoms with Gasteiger partial charge in [-0.15, -0.1) is 0 Å². The predicted octanol–water partition coefficient (Wildman–Crippen LogP) is 1.15. The van der Waals surface area contributed by atoms with Crippen LogP contribution in [-0.4, -0.2) is 47.3 Å². The molecule has 0 saturated carbocycles. The van der Waals surface area contributed by atoms with Crippen LogP contribution in [0.5, 0.6) is 0 Å². The molecule has 0 spiro atoms. The molecule has 2 atom stereocenters. The van der Waals surface area contributed by atoms with Gasteiger partial charge in [-0.2, -0.15) is 0 Å². The van der Waals surface area contributed by atoms with Gasteiger partial charge in [-0.05, 0) is 0 Å². The van der Waals surface area contributed by atoms with Crippen molar-refractivity contribution in [2.45, 2.75) is 22.7 Å². The van der Waals surface area contributed by atoms with E-state index in [9.17, 15) is 9.59 Å². The maximum atomic E-state index is 11.1. The molecule has 0 amide bonds. The van der Waals surface area contributed by atoms with Crippen molar-refractivity contribution >= 4 is 33.1 Å². The molecule has 0 aromatic carbocycles. The normalized spacial score (nSPS) is 13.6. The third kappa shape index (κ3) is 6.02. The third-order valence-corrected chi connectivity index (χ3v) is 7.25. The summed E-state index contributed by atoms with van der Waals surface area (Å²) in [5, 5.41) is 0. The number of ether oxygens (including phenoxy) is 2. The molecule has 0 rings (SSSR count). The van der Waals surface area contributed by atoms with E-state index in [-0.39, 0.29) is 23.8 Å². The Balaban J connectivity index is 3.70. The van der Waals surface area contributed by atoms with Crippen LogP contribution < -0.4 is 0 Å². The fraction of sp³-hybridized carbons (Fsp3) is 0.800. The zero-order valence-electron chi connectivity index (χ0n) is 9.70. The number of hydrogen-bond acceptors (Lipinski definition) is 4. The van der Waals surface area contributed by atoms with Gasteiger partial charge in [-0.1, -0.05) is 0 Å². The van der Waals surface area contributed by atoms with Crippen LogP contribution in [0.1, 0.15) is 13.8 Å². The molecule has 0 radical (unpaired) electrons. The first-order valence-electron chi connectivity index (χ1n) is 4.89. The first-order valence-corrected chi connectivity index (χ1v) is 8.92.